The van der Waals surface area contributed by atoms with Gasteiger partial charge in [-0.15, -0.1) is 0 Å². The van der Waals surface area contributed by atoms with Gasteiger partial charge < -0.3 is 4.74 Å². The molecule has 1 aliphatic rings. The number of hydrogen-bond donors (Lipinski definition) is 0. The van der Waals surface area contributed by atoms with E-state index in [1.807, 2.05) is 30.3 Å². The van der Waals surface area contributed by atoms with Gasteiger partial charge in [0.05, 0.1) is 12.0 Å². The summed E-state index contributed by atoms with van der Waals surface area (Å²) < 4.78 is 45.5. The van der Waals surface area contributed by atoms with E-state index in [1.54, 1.807) is 0 Å². The van der Waals surface area contributed by atoms with Gasteiger partial charge in [0.15, 0.2) is 11.6 Å². The summed E-state index contributed by atoms with van der Waals surface area (Å²) >= 11 is 0. The van der Waals surface area contributed by atoms with Crippen molar-refractivity contribution in [1.82, 2.24) is 9.21 Å². The van der Waals surface area contributed by atoms with Crippen LogP contribution < -0.4 is 4.74 Å². The Bertz CT molecular complexity index is 893. The maximum absolute atomic E-state index is 13.5. The lowest BCUT2D eigenvalue weighted by Gasteiger charge is -2.33. The number of halogens is 1. The van der Waals surface area contributed by atoms with Gasteiger partial charge in [-0.1, -0.05) is 42.5 Å². The topological polar surface area (TPSA) is 49.9 Å². The Labute approximate surface area is 159 Å². The van der Waals surface area contributed by atoms with Crippen molar-refractivity contribution in [3.63, 3.8) is 0 Å². The number of benzene rings is 2. The third-order valence-corrected chi connectivity index (χ3v) is 6.46. The molecule has 0 amide bonds. The first-order valence-electron chi connectivity index (χ1n) is 8.78. The predicted octanol–water partition coefficient (Wildman–Crippen LogP) is 2.85. The van der Waals surface area contributed by atoms with Crippen molar-refractivity contribution in [1.29, 1.82) is 0 Å². The van der Waals surface area contributed by atoms with Gasteiger partial charge in [0.25, 0.3) is 0 Å². The number of piperazine rings is 1. The zero-order chi connectivity index (χ0) is 19.3. The molecule has 0 spiro atoms. The first kappa shape index (κ1) is 19.5. The third kappa shape index (κ3) is 4.74. The zero-order valence-corrected chi connectivity index (χ0v) is 16.0. The molecule has 0 unspecified atom stereocenters. The molecule has 144 valence electrons. The Morgan fingerprint density at radius 1 is 1.07 bits per heavy atom. The maximum Gasteiger partial charge on any atom is 0.243 e. The molecule has 5 nitrogen and oxygen atoms in total. The maximum atomic E-state index is 13.5. The van der Waals surface area contributed by atoms with E-state index in [0.29, 0.717) is 26.2 Å². The number of sulfonamides is 1. The molecule has 7 heteroatoms. The molecule has 0 saturated carbocycles. The van der Waals surface area contributed by atoms with Crippen molar-refractivity contribution in [2.75, 3.05) is 39.8 Å². The van der Waals surface area contributed by atoms with Gasteiger partial charge >= 0.3 is 0 Å². The Morgan fingerprint density at radius 2 is 1.78 bits per heavy atom. The van der Waals surface area contributed by atoms with Crippen molar-refractivity contribution >= 4 is 16.1 Å². The first-order valence-corrected chi connectivity index (χ1v) is 10.2. The van der Waals surface area contributed by atoms with Crippen LogP contribution in [0.15, 0.2) is 59.5 Å². The molecule has 2 aromatic rings. The second-order valence-corrected chi connectivity index (χ2v) is 8.25. The molecule has 1 fully saturated rings. The molecule has 3 rings (SSSR count). The average molecular weight is 390 g/mol. The summed E-state index contributed by atoms with van der Waals surface area (Å²) in [4.78, 5) is 2.26. The molecule has 0 atom stereocenters. The molecule has 1 aliphatic heterocycles. The van der Waals surface area contributed by atoms with Crippen LogP contribution in [-0.2, 0) is 10.0 Å². The molecule has 2 aromatic carbocycles. The fourth-order valence-electron chi connectivity index (χ4n) is 3.00. The van der Waals surface area contributed by atoms with Crippen LogP contribution in [0, 0.1) is 5.82 Å². The average Bonchev–Trinajstić information content (AvgIpc) is 2.69. The fraction of sp³-hybridized carbons (Fsp3) is 0.300. The van der Waals surface area contributed by atoms with Crippen LogP contribution in [0.3, 0.4) is 0 Å². The van der Waals surface area contributed by atoms with E-state index in [-0.39, 0.29) is 10.6 Å². The lowest BCUT2D eigenvalue weighted by molar-refractivity contribution is 0.204. The standard InChI is InChI=1S/C20H23FN2O3S/c1-26-20-16-18(9-10-19(20)21)27(24,25)23-14-12-22(13-15-23)11-5-8-17-6-3-2-4-7-17/h2-10,16H,11-15H2,1H3/b8-5+. The molecule has 0 N–H and O–H groups in total. The minimum Gasteiger partial charge on any atom is -0.494 e. The van der Waals surface area contributed by atoms with E-state index >= 15 is 0 Å². The third-order valence-electron chi connectivity index (χ3n) is 4.57. The fourth-order valence-corrected chi connectivity index (χ4v) is 4.44. The van der Waals surface area contributed by atoms with Gasteiger partial charge in [-0.2, -0.15) is 4.31 Å². The summed E-state index contributed by atoms with van der Waals surface area (Å²) in [5, 5.41) is 0. The van der Waals surface area contributed by atoms with Crippen LogP contribution in [0.2, 0.25) is 0 Å². The van der Waals surface area contributed by atoms with Crippen molar-refractivity contribution in [3.8, 4) is 5.75 Å². The number of methoxy groups -OCH3 is 1. The van der Waals surface area contributed by atoms with E-state index in [1.165, 1.54) is 23.5 Å². The van der Waals surface area contributed by atoms with Crippen molar-refractivity contribution in [2.45, 2.75) is 4.90 Å². The summed E-state index contributed by atoms with van der Waals surface area (Å²) in [7, 11) is -2.34. The van der Waals surface area contributed by atoms with E-state index in [2.05, 4.69) is 17.1 Å². The van der Waals surface area contributed by atoms with E-state index in [0.717, 1.165) is 18.2 Å². The van der Waals surface area contributed by atoms with Crippen molar-refractivity contribution in [3.05, 3.63) is 66.0 Å². The van der Waals surface area contributed by atoms with Crippen LogP contribution in [0.1, 0.15) is 5.56 Å². The highest BCUT2D eigenvalue weighted by molar-refractivity contribution is 7.89. The molecule has 1 heterocycles. The summed E-state index contributed by atoms with van der Waals surface area (Å²) in [6, 6.07) is 13.7. The van der Waals surface area contributed by atoms with Crippen molar-refractivity contribution < 1.29 is 17.5 Å². The molecule has 0 bridgehead atoms. The molecule has 0 aromatic heterocycles. The Balaban J connectivity index is 1.59. The van der Waals surface area contributed by atoms with Crippen LogP contribution in [-0.4, -0.2) is 57.5 Å². The van der Waals surface area contributed by atoms with E-state index < -0.39 is 15.8 Å². The molecular formula is C20H23FN2O3S. The predicted molar refractivity (Wildman–Crippen MR) is 104 cm³/mol. The Kier molecular flexibility index (Phi) is 6.26. The molecule has 1 saturated heterocycles. The highest BCUT2D eigenvalue weighted by Gasteiger charge is 2.28. The molecular weight excluding hydrogens is 367 g/mol. The SMILES string of the molecule is COc1cc(S(=O)(=O)N2CCN(C/C=C/c3ccccc3)CC2)ccc1F. The first-order chi connectivity index (χ1) is 13.0. The monoisotopic (exact) mass is 390 g/mol. The largest absolute Gasteiger partial charge is 0.494 e. The van der Waals surface area contributed by atoms with Crippen LogP contribution in [0.5, 0.6) is 5.75 Å². The van der Waals surface area contributed by atoms with Gasteiger partial charge in [0.1, 0.15) is 0 Å². The lowest BCUT2D eigenvalue weighted by Crippen LogP contribution is -2.48. The number of ether oxygens (including phenoxy) is 1. The summed E-state index contributed by atoms with van der Waals surface area (Å²) in [5.74, 6) is -0.646. The Hall–Kier alpha value is -2.22. The van der Waals surface area contributed by atoms with E-state index in [9.17, 15) is 12.8 Å². The van der Waals surface area contributed by atoms with Crippen LogP contribution in [0.4, 0.5) is 4.39 Å². The van der Waals surface area contributed by atoms with E-state index in [4.69, 9.17) is 4.74 Å². The molecule has 27 heavy (non-hydrogen) atoms. The highest BCUT2D eigenvalue weighted by atomic mass is 32.2. The number of hydrogen-bond acceptors (Lipinski definition) is 4. The summed E-state index contributed by atoms with van der Waals surface area (Å²) in [6.45, 7) is 2.88. The normalized spacial score (nSPS) is 16.7. The minimum atomic E-state index is -3.66. The van der Waals surface area contributed by atoms with Gasteiger partial charge in [-0.05, 0) is 17.7 Å². The second-order valence-electron chi connectivity index (χ2n) is 6.31. The quantitative estimate of drug-likeness (QED) is 0.761. The van der Waals surface area contributed by atoms with Crippen LogP contribution >= 0.6 is 0 Å². The number of rotatable bonds is 6. The van der Waals surface area contributed by atoms with Crippen molar-refractivity contribution in [2.24, 2.45) is 0 Å². The van der Waals surface area contributed by atoms with Gasteiger partial charge in [-0.25, -0.2) is 12.8 Å². The van der Waals surface area contributed by atoms with Gasteiger partial charge in [-0.3, -0.25) is 4.90 Å². The minimum absolute atomic E-state index is 0.0539. The smallest absolute Gasteiger partial charge is 0.243 e. The van der Waals surface area contributed by atoms with Gasteiger partial charge in [0.2, 0.25) is 10.0 Å². The highest BCUT2D eigenvalue weighted by Crippen LogP contribution is 2.24. The second kappa shape index (κ2) is 8.65. The summed E-state index contributed by atoms with van der Waals surface area (Å²) in [5.41, 5.74) is 1.14. The summed E-state index contributed by atoms with van der Waals surface area (Å²) in [6.07, 6.45) is 4.15. The molecule has 0 aliphatic carbocycles. The Morgan fingerprint density at radius 3 is 2.44 bits per heavy atom. The zero-order valence-electron chi connectivity index (χ0n) is 15.2. The van der Waals surface area contributed by atoms with Crippen LogP contribution in [0.25, 0.3) is 6.08 Å². The van der Waals surface area contributed by atoms with Gasteiger partial charge in [0, 0.05) is 38.8 Å². The molecule has 0 radical (unpaired) electrons. The number of nitrogens with zero attached hydrogens (tertiary/aromatic N) is 2. The lowest BCUT2D eigenvalue weighted by atomic mass is 10.2.